The lowest BCUT2D eigenvalue weighted by Gasteiger charge is -2.17. The first-order chi connectivity index (χ1) is 14.2. The predicted octanol–water partition coefficient (Wildman–Crippen LogP) is 5.60. The first-order valence-corrected chi connectivity index (χ1v) is 11.4. The van der Waals surface area contributed by atoms with Gasteiger partial charge in [-0.3, -0.25) is 9.59 Å². The van der Waals surface area contributed by atoms with Crippen molar-refractivity contribution in [2.75, 3.05) is 0 Å². The van der Waals surface area contributed by atoms with Gasteiger partial charge in [0.05, 0.1) is 4.90 Å². The summed E-state index contributed by atoms with van der Waals surface area (Å²) in [6, 6.07) is 18.2. The summed E-state index contributed by atoms with van der Waals surface area (Å²) in [6.07, 6.45) is -0.487. The third-order valence-corrected chi connectivity index (χ3v) is 7.25. The lowest BCUT2D eigenvalue weighted by atomic mass is 10.0. The van der Waals surface area contributed by atoms with Gasteiger partial charge in [0, 0.05) is 27.6 Å². The molecule has 0 aromatic heterocycles. The van der Waals surface area contributed by atoms with E-state index in [-0.39, 0.29) is 16.0 Å². The molecular formula is C23H18Cl2O4S. The van der Waals surface area contributed by atoms with Crippen molar-refractivity contribution < 1.29 is 18.0 Å². The summed E-state index contributed by atoms with van der Waals surface area (Å²) in [5.41, 5.74) is 1.34. The number of Topliss-reactive ketones (excluding diaryl/α,β-unsaturated/α-hetero) is 2. The third-order valence-electron chi connectivity index (χ3n) is 4.68. The van der Waals surface area contributed by atoms with Crippen molar-refractivity contribution in [2.45, 2.75) is 23.5 Å². The molecule has 0 aliphatic heterocycles. The predicted molar refractivity (Wildman–Crippen MR) is 118 cm³/mol. The van der Waals surface area contributed by atoms with Crippen LogP contribution in [0.4, 0.5) is 0 Å². The topological polar surface area (TPSA) is 68.3 Å². The Morgan fingerprint density at radius 2 is 1.23 bits per heavy atom. The largest absolute Gasteiger partial charge is 0.294 e. The Bertz CT molecular complexity index is 1170. The molecule has 0 amide bonds. The van der Waals surface area contributed by atoms with Crippen LogP contribution in [0.3, 0.4) is 0 Å². The fourth-order valence-electron chi connectivity index (χ4n) is 2.96. The van der Waals surface area contributed by atoms with E-state index in [0.29, 0.717) is 10.0 Å². The van der Waals surface area contributed by atoms with Crippen molar-refractivity contribution in [3.05, 3.63) is 99.5 Å². The highest BCUT2D eigenvalue weighted by atomic mass is 35.5. The summed E-state index contributed by atoms with van der Waals surface area (Å²) < 4.78 is 26.7. The summed E-state index contributed by atoms with van der Waals surface area (Å²) in [7, 11) is -4.12. The number of carbonyl (C=O) groups is 2. The quantitative estimate of drug-likeness (QED) is 0.430. The molecule has 0 N–H and O–H groups in total. The molecule has 0 radical (unpaired) electrons. The Hall–Kier alpha value is -2.47. The maximum atomic E-state index is 13.3. The fraction of sp³-hybridized carbons (Fsp3) is 0.130. The highest BCUT2D eigenvalue weighted by Gasteiger charge is 2.36. The molecule has 0 aliphatic rings. The van der Waals surface area contributed by atoms with E-state index < -0.39 is 33.1 Å². The molecule has 3 aromatic carbocycles. The number of hydrogen-bond acceptors (Lipinski definition) is 4. The minimum Gasteiger partial charge on any atom is -0.294 e. The second-order valence-corrected chi connectivity index (χ2v) is 9.86. The standard InChI is InChI=1S/C23H18Cl2O4S/c1-15-2-12-20(13-3-15)30(28,29)22(23(27)17-6-10-19(25)11-7-17)14-21(26)16-4-8-18(24)9-5-16/h2-13,22H,14H2,1H3/t22-/m1/s1. The Balaban J connectivity index is 2.02. The number of ketones is 2. The summed E-state index contributed by atoms with van der Waals surface area (Å²) >= 11 is 11.7. The molecule has 30 heavy (non-hydrogen) atoms. The molecule has 3 rings (SSSR count). The van der Waals surface area contributed by atoms with Crippen LogP contribution in [0.1, 0.15) is 32.7 Å². The number of halogens is 2. The van der Waals surface area contributed by atoms with Gasteiger partial charge in [0.2, 0.25) is 0 Å². The van der Waals surface area contributed by atoms with Crippen molar-refractivity contribution in [3.8, 4) is 0 Å². The van der Waals surface area contributed by atoms with Crippen LogP contribution < -0.4 is 0 Å². The first kappa shape index (κ1) is 22.2. The zero-order chi connectivity index (χ0) is 21.9. The number of carbonyl (C=O) groups excluding carboxylic acids is 2. The van der Waals surface area contributed by atoms with E-state index >= 15 is 0 Å². The zero-order valence-corrected chi connectivity index (χ0v) is 18.3. The van der Waals surface area contributed by atoms with Crippen LogP contribution in [0.15, 0.2) is 77.7 Å². The Labute approximate surface area is 185 Å². The van der Waals surface area contributed by atoms with Crippen LogP contribution in [0, 0.1) is 6.92 Å². The second-order valence-electron chi connectivity index (χ2n) is 6.85. The molecule has 0 saturated carbocycles. The smallest absolute Gasteiger partial charge is 0.189 e. The fourth-order valence-corrected chi connectivity index (χ4v) is 4.84. The third kappa shape index (κ3) is 4.98. The zero-order valence-electron chi connectivity index (χ0n) is 16.0. The van der Waals surface area contributed by atoms with Gasteiger partial charge >= 0.3 is 0 Å². The molecular weight excluding hydrogens is 443 g/mol. The molecule has 4 nitrogen and oxygen atoms in total. The number of benzene rings is 3. The average Bonchev–Trinajstić information content (AvgIpc) is 2.72. The van der Waals surface area contributed by atoms with E-state index in [9.17, 15) is 18.0 Å². The first-order valence-electron chi connectivity index (χ1n) is 9.07. The number of hydrogen-bond donors (Lipinski definition) is 0. The molecule has 3 aromatic rings. The average molecular weight is 461 g/mol. The van der Waals surface area contributed by atoms with E-state index in [0.717, 1.165) is 5.56 Å². The van der Waals surface area contributed by atoms with E-state index in [1.807, 2.05) is 6.92 Å². The molecule has 0 heterocycles. The van der Waals surface area contributed by atoms with Crippen LogP contribution in [0.5, 0.6) is 0 Å². The second kappa shape index (κ2) is 9.13. The SMILES string of the molecule is Cc1ccc(S(=O)(=O)[C@H](CC(=O)c2ccc(Cl)cc2)C(=O)c2ccc(Cl)cc2)cc1. The van der Waals surface area contributed by atoms with E-state index in [1.54, 1.807) is 24.3 Å². The molecule has 7 heteroatoms. The van der Waals surface area contributed by atoms with Gasteiger partial charge in [-0.1, -0.05) is 40.9 Å². The molecule has 1 atom stereocenters. The van der Waals surface area contributed by atoms with Crippen molar-refractivity contribution in [1.82, 2.24) is 0 Å². The van der Waals surface area contributed by atoms with Gasteiger partial charge in [-0.15, -0.1) is 0 Å². The summed E-state index contributed by atoms with van der Waals surface area (Å²) in [4.78, 5) is 26.0. The minimum absolute atomic E-state index is 0.00989. The van der Waals surface area contributed by atoms with Crippen molar-refractivity contribution >= 4 is 44.6 Å². The van der Waals surface area contributed by atoms with Crippen molar-refractivity contribution in [3.63, 3.8) is 0 Å². The van der Waals surface area contributed by atoms with Crippen molar-refractivity contribution in [1.29, 1.82) is 0 Å². The Morgan fingerprint density at radius 3 is 1.73 bits per heavy atom. The Kier molecular flexibility index (Phi) is 6.76. The van der Waals surface area contributed by atoms with E-state index in [1.165, 1.54) is 48.5 Å². The molecule has 154 valence electrons. The lowest BCUT2D eigenvalue weighted by Crippen LogP contribution is -2.33. The van der Waals surface area contributed by atoms with E-state index in [2.05, 4.69) is 0 Å². The monoisotopic (exact) mass is 460 g/mol. The van der Waals surface area contributed by atoms with Gasteiger partial charge in [-0.2, -0.15) is 0 Å². The summed E-state index contributed by atoms with van der Waals surface area (Å²) in [6.45, 7) is 1.83. The van der Waals surface area contributed by atoms with Crippen LogP contribution in [-0.2, 0) is 9.84 Å². The van der Waals surface area contributed by atoms with Gasteiger partial charge in [0.1, 0.15) is 5.25 Å². The highest BCUT2D eigenvalue weighted by molar-refractivity contribution is 7.92. The minimum atomic E-state index is -4.12. The van der Waals surface area contributed by atoms with Crippen LogP contribution in [0.25, 0.3) is 0 Å². The molecule has 0 unspecified atom stereocenters. The number of sulfone groups is 1. The molecule has 0 fully saturated rings. The molecule has 0 spiro atoms. The molecule has 0 bridgehead atoms. The van der Waals surface area contributed by atoms with Gasteiger partial charge in [0.15, 0.2) is 21.4 Å². The lowest BCUT2D eigenvalue weighted by molar-refractivity contribution is 0.0920. The maximum Gasteiger partial charge on any atom is 0.189 e. The van der Waals surface area contributed by atoms with Crippen LogP contribution in [0.2, 0.25) is 10.0 Å². The summed E-state index contributed by atoms with van der Waals surface area (Å²) in [5, 5.41) is -0.695. The van der Waals surface area contributed by atoms with Crippen LogP contribution >= 0.6 is 23.2 Å². The van der Waals surface area contributed by atoms with Gasteiger partial charge < -0.3 is 0 Å². The molecule has 0 saturated heterocycles. The van der Waals surface area contributed by atoms with Crippen molar-refractivity contribution in [2.24, 2.45) is 0 Å². The number of aryl methyl sites for hydroxylation is 1. The van der Waals surface area contributed by atoms with E-state index in [4.69, 9.17) is 23.2 Å². The maximum absolute atomic E-state index is 13.3. The van der Waals surface area contributed by atoms with Crippen LogP contribution in [-0.4, -0.2) is 25.2 Å². The number of rotatable bonds is 7. The normalized spacial score (nSPS) is 12.4. The van der Waals surface area contributed by atoms with Gasteiger partial charge in [-0.25, -0.2) is 8.42 Å². The van der Waals surface area contributed by atoms with Gasteiger partial charge in [-0.05, 0) is 67.6 Å². The van der Waals surface area contributed by atoms with Gasteiger partial charge in [0.25, 0.3) is 0 Å². The Morgan fingerprint density at radius 1 is 0.767 bits per heavy atom. The highest BCUT2D eigenvalue weighted by Crippen LogP contribution is 2.25. The molecule has 0 aliphatic carbocycles. The summed E-state index contributed by atoms with van der Waals surface area (Å²) in [5.74, 6) is -1.12.